The molecule has 1 aromatic heterocycles. The number of nitrogens with zero attached hydrogens (tertiary/aromatic N) is 1. The zero-order valence-electron chi connectivity index (χ0n) is 9.43. The largest absolute Gasteiger partial charge is 0.394 e. The number of carbonyl (C=O) groups is 1. The van der Waals surface area contributed by atoms with Crippen LogP contribution in [0, 0.1) is 0 Å². The van der Waals surface area contributed by atoms with E-state index in [4.69, 9.17) is 15.6 Å². The Kier molecular flexibility index (Phi) is 3.58. The van der Waals surface area contributed by atoms with Crippen molar-refractivity contribution in [2.45, 2.75) is 24.4 Å². The summed E-state index contributed by atoms with van der Waals surface area (Å²) in [5, 5.41) is 28.4. The van der Waals surface area contributed by atoms with Crippen LogP contribution in [0.5, 0.6) is 0 Å². The number of aromatic nitrogens is 1. The zero-order valence-corrected chi connectivity index (χ0v) is 9.43. The summed E-state index contributed by atoms with van der Waals surface area (Å²) in [6, 6.07) is 2.83. The number of hydrogen-bond donors (Lipinski definition) is 4. The van der Waals surface area contributed by atoms with Gasteiger partial charge in [0.25, 0.3) is 0 Å². The predicted octanol–water partition coefficient (Wildman–Crippen LogP) is -1.67. The van der Waals surface area contributed by atoms with Crippen LogP contribution in [0.4, 0.5) is 0 Å². The Bertz CT molecular complexity index is 453. The highest BCUT2D eigenvalue weighted by atomic mass is 16.6. The van der Waals surface area contributed by atoms with Gasteiger partial charge in [-0.3, -0.25) is 9.78 Å². The van der Waals surface area contributed by atoms with Crippen molar-refractivity contribution in [1.29, 1.82) is 0 Å². The Morgan fingerprint density at radius 3 is 2.72 bits per heavy atom. The van der Waals surface area contributed by atoms with Crippen molar-refractivity contribution in [1.82, 2.24) is 4.98 Å². The van der Waals surface area contributed by atoms with E-state index in [2.05, 4.69) is 4.98 Å². The van der Waals surface area contributed by atoms with Crippen molar-refractivity contribution in [2.24, 2.45) is 5.73 Å². The fraction of sp³-hybridized carbons (Fsp3) is 0.455. The third-order valence-electron chi connectivity index (χ3n) is 2.90. The van der Waals surface area contributed by atoms with Gasteiger partial charge in [-0.2, -0.15) is 0 Å². The molecule has 0 radical (unpaired) electrons. The van der Waals surface area contributed by atoms with Gasteiger partial charge in [0.1, 0.15) is 24.4 Å². The fourth-order valence-electron chi connectivity index (χ4n) is 1.90. The van der Waals surface area contributed by atoms with Crippen molar-refractivity contribution >= 4 is 5.91 Å². The molecule has 0 aliphatic carbocycles. The van der Waals surface area contributed by atoms with Crippen LogP contribution in [0.3, 0.4) is 0 Å². The molecule has 1 aliphatic heterocycles. The van der Waals surface area contributed by atoms with Crippen LogP contribution in [0.15, 0.2) is 18.3 Å². The van der Waals surface area contributed by atoms with Gasteiger partial charge in [0.15, 0.2) is 0 Å². The molecular formula is C11H14N2O5. The minimum Gasteiger partial charge on any atom is -0.394 e. The number of hydrogen-bond acceptors (Lipinski definition) is 6. The second-order valence-electron chi connectivity index (χ2n) is 4.09. The molecule has 0 bridgehead atoms. The van der Waals surface area contributed by atoms with Crippen LogP contribution in [0.25, 0.3) is 0 Å². The summed E-state index contributed by atoms with van der Waals surface area (Å²) >= 11 is 0. The maximum atomic E-state index is 11.0. The van der Waals surface area contributed by atoms with E-state index < -0.39 is 36.9 Å². The van der Waals surface area contributed by atoms with Crippen LogP contribution in [-0.2, 0) is 4.74 Å². The van der Waals surface area contributed by atoms with Crippen molar-refractivity contribution < 1.29 is 24.9 Å². The first-order valence-electron chi connectivity index (χ1n) is 5.42. The molecule has 2 heterocycles. The lowest BCUT2D eigenvalue weighted by atomic mass is 10.0. The Labute approximate surface area is 103 Å². The van der Waals surface area contributed by atoms with Crippen LogP contribution >= 0.6 is 0 Å². The van der Waals surface area contributed by atoms with Crippen LogP contribution in [0.1, 0.15) is 22.2 Å². The van der Waals surface area contributed by atoms with Crippen LogP contribution in [0.2, 0.25) is 0 Å². The number of carbonyl (C=O) groups excluding carboxylic acids is 1. The molecule has 7 heteroatoms. The number of nitrogens with two attached hydrogens (primary N) is 1. The molecule has 1 fully saturated rings. The molecule has 0 aromatic carbocycles. The minimum absolute atomic E-state index is 0.234. The number of pyridine rings is 1. The van der Waals surface area contributed by atoms with Gasteiger partial charge in [0.05, 0.1) is 12.3 Å². The topological polar surface area (TPSA) is 126 Å². The van der Waals surface area contributed by atoms with Gasteiger partial charge in [-0.05, 0) is 12.1 Å². The first-order chi connectivity index (χ1) is 8.54. The van der Waals surface area contributed by atoms with E-state index in [1.807, 2.05) is 0 Å². The van der Waals surface area contributed by atoms with Crippen LogP contribution in [-0.4, -0.2) is 51.1 Å². The number of rotatable bonds is 3. The number of aliphatic hydroxyl groups is 3. The van der Waals surface area contributed by atoms with Gasteiger partial charge in [-0.25, -0.2) is 0 Å². The normalized spacial score (nSPS) is 31.5. The van der Waals surface area contributed by atoms with Crippen molar-refractivity contribution in [3.05, 3.63) is 29.6 Å². The Morgan fingerprint density at radius 1 is 1.44 bits per heavy atom. The van der Waals surface area contributed by atoms with Crippen molar-refractivity contribution in [3.8, 4) is 0 Å². The van der Waals surface area contributed by atoms with E-state index in [1.165, 1.54) is 18.3 Å². The molecule has 7 nitrogen and oxygen atoms in total. The Hall–Kier alpha value is -1.54. The molecule has 2 rings (SSSR count). The molecule has 1 unspecified atom stereocenters. The number of primary amides is 1. The first kappa shape index (κ1) is 12.9. The second-order valence-corrected chi connectivity index (χ2v) is 4.09. The van der Waals surface area contributed by atoms with Crippen molar-refractivity contribution in [3.63, 3.8) is 0 Å². The molecule has 5 N–H and O–H groups in total. The molecule has 98 valence electrons. The van der Waals surface area contributed by atoms with Crippen molar-refractivity contribution in [2.75, 3.05) is 6.61 Å². The third-order valence-corrected chi connectivity index (χ3v) is 2.90. The number of aliphatic hydroxyl groups excluding tert-OH is 3. The molecule has 4 atom stereocenters. The standard InChI is InChI=1S/C11H14N2O5/c12-11(17)5-1-2-13-6(3-5)10-9(16)8(15)7(4-14)18-10/h1-3,7-10,14-16H,4H2,(H2,12,17)/t7-,8-,9-,10?/m1/s1. The molecule has 1 saturated heterocycles. The molecule has 18 heavy (non-hydrogen) atoms. The monoisotopic (exact) mass is 254 g/mol. The lowest BCUT2D eigenvalue weighted by molar-refractivity contribution is -0.0239. The summed E-state index contributed by atoms with van der Waals surface area (Å²) in [4.78, 5) is 15.0. The van der Waals surface area contributed by atoms with E-state index >= 15 is 0 Å². The zero-order chi connectivity index (χ0) is 13.3. The predicted molar refractivity (Wildman–Crippen MR) is 59.5 cm³/mol. The summed E-state index contributed by atoms with van der Waals surface area (Å²) in [6.45, 7) is -0.412. The van der Waals surface area contributed by atoms with E-state index in [9.17, 15) is 15.0 Å². The highest BCUT2D eigenvalue weighted by Crippen LogP contribution is 2.32. The van der Waals surface area contributed by atoms with Gasteiger partial charge in [0, 0.05) is 11.8 Å². The maximum Gasteiger partial charge on any atom is 0.248 e. The van der Waals surface area contributed by atoms with E-state index in [0.717, 1.165) is 0 Å². The van der Waals surface area contributed by atoms with Gasteiger partial charge in [0.2, 0.25) is 5.91 Å². The molecule has 0 spiro atoms. The highest BCUT2D eigenvalue weighted by molar-refractivity contribution is 5.92. The smallest absolute Gasteiger partial charge is 0.248 e. The molecule has 0 saturated carbocycles. The summed E-state index contributed by atoms with van der Waals surface area (Å²) in [7, 11) is 0. The number of amides is 1. The molecule has 1 aromatic rings. The Morgan fingerprint density at radius 2 is 2.17 bits per heavy atom. The number of ether oxygens (including phenoxy) is 1. The highest BCUT2D eigenvalue weighted by Gasteiger charge is 2.43. The van der Waals surface area contributed by atoms with Gasteiger partial charge >= 0.3 is 0 Å². The van der Waals surface area contributed by atoms with Gasteiger partial charge in [-0.1, -0.05) is 0 Å². The maximum absolute atomic E-state index is 11.0. The third kappa shape index (κ3) is 2.21. The fourth-order valence-corrected chi connectivity index (χ4v) is 1.90. The summed E-state index contributed by atoms with van der Waals surface area (Å²) in [5.74, 6) is -0.620. The second kappa shape index (κ2) is 4.99. The molecule has 1 aliphatic rings. The summed E-state index contributed by atoms with van der Waals surface area (Å²) in [6.07, 6.45) is -2.80. The average molecular weight is 254 g/mol. The summed E-state index contributed by atoms with van der Waals surface area (Å²) < 4.78 is 5.29. The SMILES string of the molecule is NC(=O)c1ccnc(C2O[C@H](CO)[C@@H](O)[C@H]2O)c1. The quantitative estimate of drug-likeness (QED) is 0.511. The van der Waals surface area contributed by atoms with Gasteiger partial charge < -0.3 is 25.8 Å². The van der Waals surface area contributed by atoms with E-state index in [-0.39, 0.29) is 11.3 Å². The molecular weight excluding hydrogens is 240 g/mol. The lowest BCUT2D eigenvalue weighted by Crippen LogP contribution is -2.32. The lowest BCUT2D eigenvalue weighted by Gasteiger charge is -2.14. The minimum atomic E-state index is -1.21. The van der Waals surface area contributed by atoms with Gasteiger partial charge in [-0.15, -0.1) is 0 Å². The Balaban J connectivity index is 2.27. The summed E-state index contributed by atoms with van der Waals surface area (Å²) in [5.41, 5.74) is 5.66. The van der Waals surface area contributed by atoms with Crippen LogP contribution < -0.4 is 5.73 Å². The average Bonchev–Trinajstić information content (AvgIpc) is 2.66. The molecule has 1 amide bonds. The first-order valence-corrected chi connectivity index (χ1v) is 5.42. The van der Waals surface area contributed by atoms with E-state index in [0.29, 0.717) is 0 Å². The van der Waals surface area contributed by atoms with E-state index in [1.54, 1.807) is 0 Å².